The van der Waals surface area contributed by atoms with Gasteiger partial charge in [0, 0.05) is 38.4 Å². The molecule has 1 aliphatic heterocycles. The Morgan fingerprint density at radius 2 is 1.62 bits per heavy atom. The highest BCUT2D eigenvalue weighted by Gasteiger charge is 2.28. The third-order valence-corrected chi connectivity index (χ3v) is 7.74. The van der Waals surface area contributed by atoms with Crippen LogP contribution in [0.25, 0.3) is 10.8 Å². The highest BCUT2D eigenvalue weighted by molar-refractivity contribution is 7.89. The first-order valence-electron chi connectivity index (χ1n) is 11.3. The quantitative estimate of drug-likeness (QED) is 0.425. The maximum absolute atomic E-state index is 13.3. The number of hydrogen-bond acceptors (Lipinski definition) is 5. The first-order valence-corrected chi connectivity index (χ1v) is 12.7. The Balaban J connectivity index is 1.29. The number of nitrogens with zero attached hydrogens (tertiary/aromatic N) is 2. The van der Waals surface area contributed by atoms with Crippen molar-refractivity contribution in [3.8, 4) is 0 Å². The van der Waals surface area contributed by atoms with Gasteiger partial charge in [0.1, 0.15) is 11.6 Å². The second kappa shape index (κ2) is 9.58. The number of furan rings is 1. The van der Waals surface area contributed by atoms with E-state index in [1.54, 1.807) is 30.5 Å². The van der Waals surface area contributed by atoms with Crippen molar-refractivity contribution in [1.29, 1.82) is 0 Å². The molecule has 0 amide bonds. The normalized spacial score (nSPS) is 16.1. The number of anilines is 1. The van der Waals surface area contributed by atoms with E-state index in [1.807, 2.05) is 42.5 Å². The van der Waals surface area contributed by atoms with Crippen LogP contribution in [0.4, 0.5) is 10.1 Å². The van der Waals surface area contributed by atoms with Crippen molar-refractivity contribution in [2.24, 2.45) is 0 Å². The molecule has 8 heteroatoms. The van der Waals surface area contributed by atoms with Crippen LogP contribution in [0.5, 0.6) is 0 Å². The van der Waals surface area contributed by atoms with Crippen LogP contribution in [-0.4, -0.2) is 46.0 Å². The highest BCUT2D eigenvalue weighted by atomic mass is 32.2. The minimum Gasteiger partial charge on any atom is -0.468 e. The molecule has 176 valence electrons. The lowest BCUT2D eigenvalue weighted by Gasteiger charge is -2.39. The molecule has 2 heterocycles. The molecule has 1 saturated heterocycles. The van der Waals surface area contributed by atoms with Crippen LogP contribution in [0.1, 0.15) is 11.8 Å². The zero-order chi connectivity index (χ0) is 23.5. The second-order valence-electron chi connectivity index (χ2n) is 8.39. The predicted molar refractivity (Wildman–Crippen MR) is 131 cm³/mol. The summed E-state index contributed by atoms with van der Waals surface area (Å²) >= 11 is 0. The van der Waals surface area contributed by atoms with Crippen LogP contribution in [0.2, 0.25) is 0 Å². The SMILES string of the molecule is O=S(=O)(NCC(c1ccco1)N1CCN(c2ccc(F)cc2)CC1)c1ccc2ccccc2c1. The van der Waals surface area contributed by atoms with E-state index in [-0.39, 0.29) is 23.3 Å². The van der Waals surface area contributed by atoms with E-state index in [9.17, 15) is 12.8 Å². The Hall–Kier alpha value is -3.20. The summed E-state index contributed by atoms with van der Waals surface area (Å²) in [4.78, 5) is 4.67. The van der Waals surface area contributed by atoms with Crippen LogP contribution in [0.3, 0.4) is 0 Å². The minimum absolute atomic E-state index is 0.194. The van der Waals surface area contributed by atoms with Crippen molar-refractivity contribution in [1.82, 2.24) is 9.62 Å². The fourth-order valence-corrected chi connectivity index (χ4v) is 5.51. The van der Waals surface area contributed by atoms with E-state index in [1.165, 1.54) is 12.1 Å². The molecule has 0 saturated carbocycles. The number of nitrogens with one attached hydrogen (secondary N) is 1. The number of piperazine rings is 1. The van der Waals surface area contributed by atoms with Gasteiger partial charge in [0.2, 0.25) is 10.0 Å². The van der Waals surface area contributed by atoms with Crippen molar-refractivity contribution in [2.45, 2.75) is 10.9 Å². The van der Waals surface area contributed by atoms with E-state index in [0.717, 1.165) is 48.4 Å². The summed E-state index contributed by atoms with van der Waals surface area (Å²) < 4.78 is 47.9. The van der Waals surface area contributed by atoms with E-state index in [4.69, 9.17) is 4.42 Å². The van der Waals surface area contributed by atoms with Gasteiger partial charge in [-0.2, -0.15) is 0 Å². The van der Waals surface area contributed by atoms with Crippen LogP contribution < -0.4 is 9.62 Å². The van der Waals surface area contributed by atoms with E-state index in [0.29, 0.717) is 0 Å². The van der Waals surface area contributed by atoms with Gasteiger partial charge in [0.25, 0.3) is 0 Å². The largest absolute Gasteiger partial charge is 0.468 e. The first kappa shape index (κ1) is 22.6. The fourth-order valence-electron chi connectivity index (χ4n) is 4.44. The van der Waals surface area contributed by atoms with Gasteiger partial charge < -0.3 is 9.32 Å². The third-order valence-electron chi connectivity index (χ3n) is 6.32. The number of fused-ring (bicyclic) bond motifs is 1. The lowest BCUT2D eigenvalue weighted by molar-refractivity contribution is 0.166. The topological polar surface area (TPSA) is 65.8 Å². The van der Waals surface area contributed by atoms with Crippen molar-refractivity contribution in [3.63, 3.8) is 0 Å². The summed E-state index contributed by atoms with van der Waals surface area (Å²) in [6.07, 6.45) is 1.61. The van der Waals surface area contributed by atoms with E-state index < -0.39 is 10.0 Å². The Bertz CT molecular complexity index is 1350. The minimum atomic E-state index is -3.70. The third kappa shape index (κ3) is 4.84. The summed E-state index contributed by atoms with van der Waals surface area (Å²) in [5, 5.41) is 1.87. The molecule has 0 radical (unpaired) electrons. The molecule has 3 aromatic carbocycles. The average molecular weight is 480 g/mol. The first-order chi connectivity index (χ1) is 16.5. The molecule has 1 atom stereocenters. The zero-order valence-electron chi connectivity index (χ0n) is 18.6. The molecule has 1 fully saturated rings. The van der Waals surface area contributed by atoms with Crippen LogP contribution in [0, 0.1) is 5.82 Å². The van der Waals surface area contributed by atoms with Gasteiger partial charge in [-0.25, -0.2) is 17.5 Å². The van der Waals surface area contributed by atoms with Crippen LogP contribution in [-0.2, 0) is 10.0 Å². The molecule has 1 aliphatic rings. The van der Waals surface area contributed by atoms with Crippen molar-refractivity contribution >= 4 is 26.5 Å². The molecular weight excluding hydrogens is 453 g/mol. The predicted octanol–water partition coefficient (Wildman–Crippen LogP) is 4.41. The number of rotatable bonds is 7. The molecule has 1 aromatic heterocycles. The molecule has 1 unspecified atom stereocenters. The number of benzene rings is 3. The number of sulfonamides is 1. The molecule has 1 N–H and O–H groups in total. The zero-order valence-corrected chi connectivity index (χ0v) is 19.4. The molecule has 0 aliphatic carbocycles. The molecule has 0 spiro atoms. The summed E-state index contributed by atoms with van der Waals surface area (Å²) in [6, 6.07) is 22.8. The standard InChI is InChI=1S/C26H26FN3O3S/c27-22-8-10-23(11-9-22)29-13-15-30(16-14-29)25(26-6-3-17-33-26)19-28-34(31,32)24-12-7-20-4-1-2-5-21(20)18-24/h1-12,17-18,25,28H,13-16,19H2. The van der Waals surface area contributed by atoms with Gasteiger partial charge in [-0.05, 0) is 59.3 Å². The Labute approximate surface area is 198 Å². The van der Waals surface area contributed by atoms with E-state index >= 15 is 0 Å². The Kier molecular flexibility index (Phi) is 6.36. The fraction of sp³-hybridized carbons (Fsp3) is 0.231. The second-order valence-corrected chi connectivity index (χ2v) is 10.2. The Morgan fingerprint density at radius 3 is 2.32 bits per heavy atom. The van der Waals surface area contributed by atoms with Gasteiger partial charge in [0.05, 0.1) is 17.2 Å². The van der Waals surface area contributed by atoms with Crippen molar-refractivity contribution in [3.05, 3.63) is 96.7 Å². The van der Waals surface area contributed by atoms with Gasteiger partial charge in [0.15, 0.2) is 0 Å². The van der Waals surface area contributed by atoms with Gasteiger partial charge in [-0.3, -0.25) is 4.90 Å². The lowest BCUT2D eigenvalue weighted by Crippen LogP contribution is -2.49. The lowest BCUT2D eigenvalue weighted by atomic mass is 10.1. The van der Waals surface area contributed by atoms with Gasteiger partial charge in [-0.1, -0.05) is 30.3 Å². The summed E-state index contributed by atoms with van der Waals surface area (Å²) in [7, 11) is -3.70. The van der Waals surface area contributed by atoms with Gasteiger partial charge >= 0.3 is 0 Å². The number of hydrogen-bond donors (Lipinski definition) is 1. The molecule has 34 heavy (non-hydrogen) atoms. The van der Waals surface area contributed by atoms with Gasteiger partial charge in [-0.15, -0.1) is 0 Å². The van der Waals surface area contributed by atoms with Crippen LogP contribution in [0.15, 0.2) is 94.4 Å². The smallest absolute Gasteiger partial charge is 0.240 e. The maximum atomic E-state index is 13.3. The molecular formula is C26H26FN3O3S. The number of halogens is 1. The Morgan fingerprint density at radius 1 is 0.882 bits per heavy atom. The van der Waals surface area contributed by atoms with E-state index in [2.05, 4.69) is 14.5 Å². The maximum Gasteiger partial charge on any atom is 0.240 e. The average Bonchev–Trinajstić information content (AvgIpc) is 3.39. The highest BCUT2D eigenvalue weighted by Crippen LogP contribution is 2.26. The monoisotopic (exact) mass is 479 g/mol. The van der Waals surface area contributed by atoms with Crippen molar-refractivity contribution in [2.75, 3.05) is 37.6 Å². The summed E-state index contributed by atoms with van der Waals surface area (Å²) in [5.41, 5.74) is 0.979. The molecule has 6 nitrogen and oxygen atoms in total. The molecule has 5 rings (SSSR count). The molecule has 4 aromatic rings. The van der Waals surface area contributed by atoms with Crippen LogP contribution >= 0.6 is 0 Å². The summed E-state index contributed by atoms with van der Waals surface area (Å²) in [5.74, 6) is 0.468. The summed E-state index contributed by atoms with van der Waals surface area (Å²) in [6.45, 7) is 3.14. The van der Waals surface area contributed by atoms with Crippen molar-refractivity contribution < 1.29 is 17.2 Å². The molecule has 0 bridgehead atoms.